The van der Waals surface area contributed by atoms with E-state index in [9.17, 15) is 23.4 Å². The second-order valence-corrected chi connectivity index (χ2v) is 7.51. The van der Waals surface area contributed by atoms with Gasteiger partial charge in [-0.1, -0.05) is 30.3 Å². The minimum Gasteiger partial charge on any atom is -0.481 e. The molecule has 116 valence electrons. The highest BCUT2D eigenvalue weighted by Crippen LogP contribution is 2.35. The number of piperidine rings is 1. The summed E-state index contributed by atoms with van der Waals surface area (Å²) in [6.07, 6.45) is 0.191. The van der Waals surface area contributed by atoms with E-state index in [1.165, 1.54) is 0 Å². The van der Waals surface area contributed by atoms with Crippen LogP contribution in [0.25, 0.3) is 0 Å². The molecule has 1 aliphatic rings. The molecule has 0 amide bonds. The first-order valence-electron chi connectivity index (χ1n) is 6.66. The number of rotatable bonds is 4. The van der Waals surface area contributed by atoms with Crippen LogP contribution in [0.5, 0.6) is 0 Å². The predicted octanol–water partition coefficient (Wildman–Crippen LogP) is 0.326. The molecule has 1 fully saturated rings. The fraction of sp³-hybridized carbons (Fsp3) is 0.500. The zero-order valence-corrected chi connectivity index (χ0v) is 12.6. The predicted molar refractivity (Wildman–Crippen MR) is 77.3 cm³/mol. The summed E-state index contributed by atoms with van der Waals surface area (Å²) in [5.74, 6) is -1.17. The number of aliphatic carboxylic acids is 1. The quantitative estimate of drug-likeness (QED) is 0.835. The maximum Gasteiger partial charge on any atom is 0.313 e. The van der Waals surface area contributed by atoms with Crippen molar-refractivity contribution in [3.63, 3.8) is 0 Å². The third kappa shape index (κ3) is 3.25. The maximum absolute atomic E-state index is 11.8. The number of aliphatic hydroxyl groups is 1. The largest absolute Gasteiger partial charge is 0.481 e. The molecule has 0 aliphatic carbocycles. The van der Waals surface area contributed by atoms with Gasteiger partial charge in [-0.05, 0) is 18.4 Å². The van der Waals surface area contributed by atoms with E-state index in [1.54, 1.807) is 24.3 Å². The number of carbonyl (C=O) groups is 1. The van der Waals surface area contributed by atoms with E-state index in [4.69, 9.17) is 0 Å². The Kier molecular flexibility index (Phi) is 4.36. The number of hydrogen-bond donors (Lipinski definition) is 2. The van der Waals surface area contributed by atoms with Crippen LogP contribution in [0.1, 0.15) is 12.0 Å². The molecule has 1 saturated heterocycles. The number of carboxylic acids is 1. The second-order valence-electron chi connectivity index (χ2n) is 5.52. The summed E-state index contributed by atoms with van der Waals surface area (Å²) in [6, 6.07) is 8.94. The van der Waals surface area contributed by atoms with Crippen molar-refractivity contribution in [3.05, 3.63) is 35.9 Å². The van der Waals surface area contributed by atoms with Gasteiger partial charge in [-0.25, -0.2) is 12.7 Å². The molecule has 2 atom stereocenters. The minimum absolute atomic E-state index is 0.0936. The SMILES string of the molecule is CS(=O)(=O)N1CC[C@@H](O)[C@](Cc2ccccc2)(C(=O)O)C1. The van der Waals surface area contributed by atoms with Gasteiger partial charge in [-0.15, -0.1) is 0 Å². The van der Waals surface area contributed by atoms with Crippen molar-refractivity contribution in [2.45, 2.75) is 18.9 Å². The van der Waals surface area contributed by atoms with Gasteiger partial charge in [-0.3, -0.25) is 4.79 Å². The molecule has 0 radical (unpaired) electrons. The highest BCUT2D eigenvalue weighted by Gasteiger charge is 2.50. The van der Waals surface area contributed by atoms with Crippen molar-refractivity contribution in [2.24, 2.45) is 5.41 Å². The lowest BCUT2D eigenvalue weighted by Gasteiger charge is -2.42. The van der Waals surface area contributed by atoms with Crippen molar-refractivity contribution >= 4 is 16.0 Å². The Morgan fingerprint density at radius 1 is 1.38 bits per heavy atom. The number of hydrogen-bond acceptors (Lipinski definition) is 4. The van der Waals surface area contributed by atoms with E-state index in [2.05, 4.69) is 0 Å². The van der Waals surface area contributed by atoms with Crippen molar-refractivity contribution in [1.29, 1.82) is 0 Å². The average Bonchev–Trinajstić information content (AvgIpc) is 2.41. The van der Waals surface area contributed by atoms with Crippen LogP contribution in [0.2, 0.25) is 0 Å². The van der Waals surface area contributed by atoms with Crippen molar-refractivity contribution < 1.29 is 23.4 Å². The monoisotopic (exact) mass is 313 g/mol. The summed E-state index contributed by atoms with van der Waals surface area (Å²) < 4.78 is 24.5. The Morgan fingerprint density at radius 2 is 2.00 bits per heavy atom. The van der Waals surface area contributed by atoms with Crippen LogP contribution >= 0.6 is 0 Å². The number of nitrogens with zero attached hydrogens (tertiary/aromatic N) is 1. The van der Waals surface area contributed by atoms with Crippen molar-refractivity contribution in [1.82, 2.24) is 4.31 Å². The summed E-state index contributed by atoms with van der Waals surface area (Å²) in [5, 5.41) is 19.9. The van der Waals surface area contributed by atoms with Crippen LogP contribution in [-0.4, -0.2) is 54.4 Å². The van der Waals surface area contributed by atoms with Gasteiger partial charge in [0.15, 0.2) is 0 Å². The van der Waals surface area contributed by atoms with E-state index in [0.29, 0.717) is 0 Å². The molecule has 6 nitrogen and oxygen atoms in total. The first-order valence-corrected chi connectivity index (χ1v) is 8.51. The van der Waals surface area contributed by atoms with Crippen LogP contribution in [-0.2, 0) is 21.2 Å². The molecule has 1 aromatic carbocycles. The molecular weight excluding hydrogens is 294 g/mol. The molecular formula is C14H19NO5S. The smallest absolute Gasteiger partial charge is 0.313 e. The first-order chi connectivity index (χ1) is 9.75. The summed E-state index contributed by atoms with van der Waals surface area (Å²) in [4.78, 5) is 11.8. The Morgan fingerprint density at radius 3 is 2.52 bits per heavy atom. The van der Waals surface area contributed by atoms with E-state index in [0.717, 1.165) is 16.1 Å². The van der Waals surface area contributed by atoms with E-state index in [-0.39, 0.29) is 25.9 Å². The molecule has 21 heavy (non-hydrogen) atoms. The Labute approximate surface area is 124 Å². The van der Waals surface area contributed by atoms with E-state index >= 15 is 0 Å². The molecule has 7 heteroatoms. The molecule has 0 spiro atoms. The number of sulfonamides is 1. The number of aliphatic hydroxyl groups excluding tert-OH is 1. The second kappa shape index (κ2) is 5.75. The van der Waals surface area contributed by atoms with Crippen LogP contribution in [0.15, 0.2) is 30.3 Å². The Balaban J connectivity index is 2.37. The highest BCUT2D eigenvalue weighted by atomic mass is 32.2. The third-order valence-electron chi connectivity index (χ3n) is 4.01. The van der Waals surface area contributed by atoms with Gasteiger partial charge in [0.2, 0.25) is 10.0 Å². The normalized spacial score (nSPS) is 27.4. The van der Waals surface area contributed by atoms with Gasteiger partial charge < -0.3 is 10.2 Å². The Hall–Kier alpha value is -1.44. The molecule has 1 aliphatic heterocycles. The number of benzene rings is 1. The molecule has 0 saturated carbocycles. The summed E-state index contributed by atoms with van der Waals surface area (Å²) in [6.45, 7) is -0.0684. The minimum atomic E-state index is -3.49. The molecule has 2 rings (SSSR count). The zero-order chi connectivity index (χ0) is 15.7. The van der Waals surface area contributed by atoms with Gasteiger partial charge in [-0.2, -0.15) is 0 Å². The number of carboxylic acid groups (broad SMARTS) is 1. The lowest BCUT2D eigenvalue weighted by Crippen LogP contribution is -2.58. The summed E-state index contributed by atoms with van der Waals surface area (Å²) in [5.41, 5.74) is -0.753. The third-order valence-corrected chi connectivity index (χ3v) is 5.26. The van der Waals surface area contributed by atoms with Crippen LogP contribution in [0.4, 0.5) is 0 Å². The topological polar surface area (TPSA) is 94.9 Å². The van der Waals surface area contributed by atoms with Gasteiger partial charge >= 0.3 is 5.97 Å². The summed E-state index contributed by atoms with van der Waals surface area (Å²) >= 11 is 0. The van der Waals surface area contributed by atoms with Crippen molar-refractivity contribution in [2.75, 3.05) is 19.3 Å². The standard InChI is InChI=1S/C14H19NO5S/c1-21(19,20)15-8-7-12(16)14(10-15,13(17)18)9-11-5-3-2-4-6-11/h2-6,12,16H,7-10H2,1H3,(H,17,18)/t12-,14-/m1/s1. The zero-order valence-electron chi connectivity index (χ0n) is 11.8. The van der Waals surface area contributed by atoms with Crippen LogP contribution in [0.3, 0.4) is 0 Å². The fourth-order valence-corrected chi connectivity index (χ4v) is 3.65. The molecule has 1 heterocycles. The fourth-order valence-electron chi connectivity index (χ4n) is 2.74. The molecule has 1 aromatic rings. The lowest BCUT2D eigenvalue weighted by atomic mass is 9.73. The van der Waals surface area contributed by atoms with Gasteiger partial charge in [0.25, 0.3) is 0 Å². The Bertz CT molecular complexity index is 616. The van der Waals surface area contributed by atoms with E-state index in [1.807, 2.05) is 6.07 Å². The molecule has 2 N–H and O–H groups in total. The summed E-state index contributed by atoms with van der Waals surface area (Å²) in [7, 11) is -3.49. The molecule has 0 unspecified atom stereocenters. The first kappa shape index (κ1) is 15.9. The average molecular weight is 313 g/mol. The van der Waals surface area contributed by atoms with E-state index < -0.39 is 27.5 Å². The van der Waals surface area contributed by atoms with Crippen LogP contribution in [0, 0.1) is 5.41 Å². The molecule has 0 bridgehead atoms. The highest BCUT2D eigenvalue weighted by molar-refractivity contribution is 7.88. The molecule has 0 aromatic heterocycles. The van der Waals surface area contributed by atoms with Crippen LogP contribution < -0.4 is 0 Å². The van der Waals surface area contributed by atoms with Crippen molar-refractivity contribution in [3.8, 4) is 0 Å². The lowest BCUT2D eigenvalue weighted by molar-refractivity contribution is -0.160. The van der Waals surface area contributed by atoms with Gasteiger partial charge in [0, 0.05) is 13.1 Å². The van der Waals surface area contributed by atoms with Gasteiger partial charge in [0.1, 0.15) is 5.41 Å². The van der Waals surface area contributed by atoms with Gasteiger partial charge in [0.05, 0.1) is 12.4 Å². The maximum atomic E-state index is 11.8.